The summed E-state index contributed by atoms with van der Waals surface area (Å²) in [5, 5.41) is 11.4. The zero-order chi connectivity index (χ0) is 21.6. The van der Waals surface area contributed by atoms with Crippen LogP contribution in [0, 0.1) is 10.1 Å². The molecule has 1 saturated heterocycles. The van der Waals surface area contributed by atoms with Crippen LogP contribution in [0.3, 0.4) is 0 Å². The Bertz CT molecular complexity index is 841. The first-order valence-corrected chi connectivity index (χ1v) is 11.0. The summed E-state index contributed by atoms with van der Waals surface area (Å²) >= 11 is 0. The maximum Gasteiger partial charge on any atom is 0.293 e. The number of rotatable bonds is 8. The number of hydrogen-bond donors (Lipinski definition) is 0. The van der Waals surface area contributed by atoms with E-state index in [9.17, 15) is 23.3 Å². The zero-order valence-electron chi connectivity index (χ0n) is 17.0. The predicted octanol–water partition coefficient (Wildman–Crippen LogP) is 1.17. The number of carbonyl (C=O) groups is 1. The van der Waals surface area contributed by atoms with Crippen LogP contribution >= 0.6 is 0 Å². The van der Waals surface area contributed by atoms with E-state index in [0.29, 0.717) is 32.6 Å². The lowest BCUT2D eigenvalue weighted by molar-refractivity contribution is -0.387. The van der Waals surface area contributed by atoms with Gasteiger partial charge in [-0.15, -0.1) is 0 Å². The van der Waals surface area contributed by atoms with Crippen LogP contribution < -0.4 is 4.74 Å². The quantitative estimate of drug-likeness (QED) is 0.451. The van der Waals surface area contributed by atoms with Gasteiger partial charge < -0.3 is 9.64 Å². The SMILES string of the molecule is CCN(CC)C(=O)CN1CCCN(S(=O)(=O)c2ccc(OC)cc2[N+](=O)[O-])CC1. The van der Waals surface area contributed by atoms with Crippen LogP contribution in [0.25, 0.3) is 0 Å². The third-order valence-electron chi connectivity index (χ3n) is 5.00. The summed E-state index contributed by atoms with van der Waals surface area (Å²) in [4.78, 5) is 26.3. The molecule has 0 bridgehead atoms. The molecule has 1 heterocycles. The van der Waals surface area contributed by atoms with Crippen LogP contribution in [0.5, 0.6) is 5.75 Å². The van der Waals surface area contributed by atoms with Gasteiger partial charge in [0, 0.05) is 32.7 Å². The first kappa shape index (κ1) is 23.0. The minimum atomic E-state index is -4.05. The Morgan fingerprint density at radius 2 is 1.90 bits per heavy atom. The van der Waals surface area contributed by atoms with E-state index < -0.39 is 20.6 Å². The number of likely N-dealkylation sites (N-methyl/N-ethyl adjacent to an activating group) is 1. The number of amides is 1. The largest absolute Gasteiger partial charge is 0.497 e. The standard InChI is InChI=1S/C18H28N4O6S/c1-4-20(5-2)18(23)14-19-9-6-10-21(12-11-19)29(26,27)17-8-7-15(28-3)13-16(17)22(24)25/h7-8,13H,4-6,9-12,14H2,1-3H3. The predicted molar refractivity (Wildman–Crippen MR) is 107 cm³/mol. The third kappa shape index (κ3) is 5.43. The molecule has 10 nitrogen and oxygen atoms in total. The highest BCUT2D eigenvalue weighted by molar-refractivity contribution is 7.89. The van der Waals surface area contributed by atoms with Gasteiger partial charge in [-0.05, 0) is 38.9 Å². The van der Waals surface area contributed by atoms with Gasteiger partial charge in [-0.25, -0.2) is 8.42 Å². The van der Waals surface area contributed by atoms with Gasteiger partial charge in [0.15, 0.2) is 4.90 Å². The molecule has 29 heavy (non-hydrogen) atoms. The van der Waals surface area contributed by atoms with Crippen molar-refractivity contribution in [2.75, 3.05) is 52.9 Å². The Hall–Kier alpha value is -2.24. The van der Waals surface area contributed by atoms with Crippen molar-refractivity contribution in [3.63, 3.8) is 0 Å². The van der Waals surface area contributed by atoms with E-state index in [4.69, 9.17) is 4.74 Å². The van der Waals surface area contributed by atoms with Crippen LogP contribution in [0.15, 0.2) is 23.1 Å². The van der Waals surface area contributed by atoms with E-state index >= 15 is 0 Å². The number of methoxy groups -OCH3 is 1. The molecule has 1 aliphatic rings. The topological polar surface area (TPSA) is 113 Å². The number of ether oxygens (including phenoxy) is 1. The molecule has 0 atom stereocenters. The highest BCUT2D eigenvalue weighted by atomic mass is 32.2. The Morgan fingerprint density at radius 1 is 1.21 bits per heavy atom. The van der Waals surface area contributed by atoms with E-state index in [-0.39, 0.29) is 36.2 Å². The summed E-state index contributed by atoms with van der Waals surface area (Å²) in [6.45, 7) is 6.70. The summed E-state index contributed by atoms with van der Waals surface area (Å²) in [6.07, 6.45) is 0.536. The van der Waals surface area contributed by atoms with E-state index in [1.54, 1.807) is 4.90 Å². The number of hydrogen-bond acceptors (Lipinski definition) is 7. The minimum absolute atomic E-state index is 0.0112. The van der Waals surface area contributed by atoms with E-state index in [1.165, 1.54) is 23.5 Å². The van der Waals surface area contributed by atoms with Crippen molar-refractivity contribution < 1.29 is 22.9 Å². The summed E-state index contributed by atoms with van der Waals surface area (Å²) in [5.41, 5.74) is -0.512. The normalized spacial score (nSPS) is 16.2. The fraction of sp³-hybridized carbons (Fsp3) is 0.611. The molecule has 0 aromatic heterocycles. The summed E-state index contributed by atoms with van der Waals surface area (Å²) in [5.74, 6) is 0.227. The number of sulfonamides is 1. The van der Waals surface area contributed by atoms with Gasteiger partial charge in [-0.2, -0.15) is 4.31 Å². The fourth-order valence-electron chi connectivity index (χ4n) is 3.34. The van der Waals surface area contributed by atoms with Gasteiger partial charge in [0.1, 0.15) is 5.75 Å². The first-order chi connectivity index (χ1) is 13.7. The first-order valence-electron chi connectivity index (χ1n) is 9.57. The molecule has 1 amide bonds. The van der Waals surface area contributed by atoms with E-state index in [1.807, 2.05) is 18.7 Å². The smallest absolute Gasteiger partial charge is 0.293 e. The number of benzene rings is 1. The molecule has 2 rings (SSSR count). The number of nitrogens with zero attached hydrogens (tertiary/aromatic N) is 4. The molecule has 1 aromatic rings. The fourth-order valence-corrected chi connectivity index (χ4v) is 4.94. The second kappa shape index (κ2) is 9.99. The second-order valence-electron chi connectivity index (χ2n) is 6.69. The van der Waals surface area contributed by atoms with Crippen molar-refractivity contribution in [3.05, 3.63) is 28.3 Å². The van der Waals surface area contributed by atoms with Crippen molar-refractivity contribution >= 4 is 21.6 Å². The van der Waals surface area contributed by atoms with Crippen LogP contribution in [0.2, 0.25) is 0 Å². The minimum Gasteiger partial charge on any atom is -0.497 e. The third-order valence-corrected chi connectivity index (χ3v) is 6.95. The molecule has 0 radical (unpaired) electrons. The maximum atomic E-state index is 13.1. The van der Waals surface area contributed by atoms with Gasteiger partial charge in [-0.1, -0.05) is 0 Å². The highest BCUT2D eigenvalue weighted by Gasteiger charge is 2.33. The number of nitro groups is 1. The lowest BCUT2D eigenvalue weighted by atomic mass is 10.3. The van der Waals surface area contributed by atoms with Crippen LogP contribution in [0.4, 0.5) is 5.69 Å². The molecule has 1 fully saturated rings. The van der Waals surface area contributed by atoms with Gasteiger partial charge in [0.2, 0.25) is 15.9 Å². The Morgan fingerprint density at radius 3 is 2.48 bits per heavy atom. The molecule has 0 unspecified atom stereocenters. The lowest BCUT2D eigenvalue weighted by Gasteiger charge is -2.25. The van der Waals surface area contributed by atoms with Gasteiger partial charge >= 0.3 is 0 Å². The monoisotopic (exact) mass is 428 g/mol. The second-order valence-corrected chi connectivity index (χ2v) is 8.60. The lowest BCUT2D eigenvalue weighted by Crippen LogP contribution is -2.42. The summed E-state index contributed by atoms with van der Waals surface area (Å²) in [6, 6.07) is 3.71. The van der Waals surface area contributed by atoms with Crippen molar-refractivity contribution in [1.82, 2.24) is 14.1 Å². The molecular weight excluding hydrogens is 400 g/mol. The number of nitro benzene ring substituents is 1. The molecule has 0 spiro atoms. The number of carbonyl (C=O) groups excluding carboxylic acids is 1. The Labute approximate surface area is 171 Å². The highest BCUT2D eigenvalue weighted by Crippen LogP contribution is 2.30. The van der Waals surface area contributed by atoms with Crippen molar-refractivity contribution in [1.29, 1.82) is 0 Å². The van der Waals surface area contributed by atoms with E-state index in [2.05, 4.69) is 0 Å². The Kier molecular flexibility index (Phi) is 7.94. The van der Waals surface area contributed by atoms with Crippen LogP contribution in [0.1, 0.15) is 20.3 Å². The molecule has 1 aromatic carbocycles. The van der Waals surface area contributed by atoms with E-state index in [0.717, 1.165) is 6.07 Å². The molecule has 1 aliphatic heterocycles. The summed E-state index contributed by atoms with van der Waals surface area (Å²) in [7, 11) is -2.69. The van der Waals surface area contributed by atoms with Crippen molar-refractivity contribution in [2.45, 2.75) is 25.2 Å². The van der Waals surface area contributed by atoms with Crippen LogP contribution in [-0.4, -0.2) is 86.3 Å². The molecule has 0 aliphatic carbocycles. The van der Waals surface area contributed by atoms with Gasteiger partial charge in [0.25, 0.3) is 5.69 Å². The molecule has 0 N–H and O–H groups in total. The van der Waals surface area contributed by atoms with Gasteiger partial charge in [-0.3, -0.25) is 19.8 Å². The van der Waals surface area contributed by atoms with Crippen molar-refractivity contribution in [2.24, 2.45) is 0 Å². The summed E-state index contributed by atoms with van der Waals surface area (Å²) < 4.78 is 32.4. The molecule has 11 heteroatoms. The Balaban J connectivity index is 2.17. The molecule has 0 saturated carbocycles. The van der Waals surface area contributed by atoms with Crippen molar-refractivity contribution in [3.8, 4) is 5.75 Å². The molecule has 162 valence electrons. The average Bonchev–Trinajstić information content (AvgIpc) is 2.94. The van der Waals surface area contributed by atoms with Crippen LogP contribution in [-0.2, 0) is 14.8 Å². The average molecular weight is 429 g/mol. The maximum absolute atomic E-state index is 13.1. The zero-order valence-corrected chi connectivity index (χ0v) is 17.9. The molecular formula is C18H28N4O6S. The van der Waals surface area contributed by atoms with Gasteiger partial charge in [0.05, 0.1) is 24.6 Å².